The van der Waals surface area contributed by atoms with Crippen LogP contribution in [0.25, 0.3) is 0 Å². The molecule has 3 fully saturated rings. The van der Waals surface area contributed by atoms with Crippen LogP contribution in [-0.4, -0.2) is 81.3 Å². The third-order valence-electron chi connectivity index (χ3n) is 4.15. The van der Waals surface area contributed by atoms with E-state index in [1.165, 1.54) is 13.0 Å². The van der Waals surface area contributed by atoms with E-state index >= 15 is 0 Å². The van der Waals surface area contributed by atoms with Gasteiger partial charge >= 0.3 is 0 Å². The molecule has 0 N–H and O–H groups in total. The molecule has 0 atom stereocenters. The highest BCUT2D eigenvalue weighted by molar-refractivity contribution is 4.84. The lowest BCUT2D eigenvalue weighted by molar-refractivity contribution is -0.189. The fraction of sp³-hybridized carbons (Fsp3) is 1.00. The molecule has 0 aliphatic carbocycles. The first-order valence-corrected chi connectivity index (χ1v) is 7.17. The summed E-state index contributed by atoms with van der Waals surface area (Å²) in [5.74, 6) is -0.275. The summed E-state index contributed by atoms with van der Waals surface area (Å²) in [5, 5.41) is 0. The monoisotopic (exact) mass is 256 g/mol. The molecule has 0 radical (unpaired) electrons. The Hall–Kier alpha value is -0.200. The van der Waals surface area contributed by atoms with E-state index in [9.17, 15) is 0 Å². The van der Waals surface area contributed by atoms with Crippen molar-refractivity contribution in [3.05, 3.63) is 0 Å². The minimum Gasteiger partial charge on any atom is -0.379 e. The van der Waals surface area contributed by atoms with Crippen LogP contribution in [0.15, 0.2) is 0 Å². The molecular weight excluding hydrogens is 232 g/mol. The Bertz CT molecular complexity index is 263. The van der Waals surface area contributed by atoms with Crippen molar-refractivity contribution >= 4 is 0 Å². The van der Waals surface area contributed by atoms with Gasteiger partial charge in [-0.05, 0) is 13.0 Å². The van der Waals surface area contributed by atoms with Crippen LogP contribution in [0.5, 0.6) is 0 Å². The van der Waals surface area contributed by atoms with Crippen LogP contribution in [0.1, 0.15) is 12.8 Å². The summed E-state index contributed by atoms with van der Waals surface area (Å²) in [6, 6.07) is 0. The second-order valence-electron chi connectivity index (χ2n) is 5.44. The Morgan fingerprint density at radius 2 is 1.56 bits per heavy atom. The van der Waals surface area contributed by atoms with Gasteiger partial charge in [0.2, 0.25) is 0 Å². The van der Waals surface area contributed by atoms with Crippen LogP contribution in [-0.2, 0) is 14.2 Å². The molecule has 3 aliphatic rings. The Balaban J connectivity index is 1.44. The van der Waals surface area contributed by atoms with Crippen molar-refractivity contribution in [3.8, 4) is 0 Å². The maximum Gasteiger partial charge on any atom is 0.181 e. The Kier molecular flexibility index (Phi) is 4.16. The van der Waals surface area contributed by atoms with Gasteiger partial charge in [-0.15, -0.1) is 0 Å². The third-order valence-corrected chi connectivity index (χ3v) is 4.15. The molecule has 5 nitrogen and oxygen atoms in total. The molecule has 5 heteroatoms. The number of ether oxygens (including phenoxy) is 3. The lowest BCUT2D eigenvalue weighted by Crippen LogP contribution is -2.51. The first-order valence-electron chi connectivity index (χ1n) is 7.17. The van der Waals surface area contributed by atoms with Crippen molar-refractivity contribution in [1.82, 2.24) is 9.80 Å². The van der Waals surface area contributed by atoms with E-state index in [0.29, 0.717) is 0 Å². The fourth-order valence-electron chi connectivity index (χ4n) is 3.10. The molecule has 1 spiro atoms. The van der Waals surface area contributed by atoms with Crippen LogP contribution in [0, 0.1) is 0 Å². The average Bonchev–Trinajstić information content (AvgIpc) is 2.86. The smallest absolute Gasteiger partial charge is 0.181 e. The third kappa shape index (κ3) is 3.03. The van der Waals surface area contributed by atoms with Crippen molar-refractivity contribution in [2.75, 3.05) is 65.7 Å². The second kappa shape index (κ2) is 5.84. The van der Waals surface area contributed by atoms with Gasteiger partial charge in [-0.25, -0.2) is 0 Å². The van der Waals surface area contributed by atoms with Gasteiger partial charge in [0.05, 0.1) is 33.0 Å². The molecule has 3 heterocycles. The van der Waals surface area contributed by atoms with Gasteiger partial charge in [0.15, 0.2) is 5.79 Å². The van der Waals surface area contributed by atoms with Gasteiger partial charge in [-0.1, -0.05) is 0 Å². The summed E-state index contributed by atoms with van der Waals surface area (Å²) in [7, 11) is 0. The number of hydrogen-bond acceptors (Lipinski definition) is 5. The van der Waals surface area contributed by atoms with Crippen LogP contribution >= 0.6 is 0 Å². The SMILES string of the molecule is C1CN(CCN2CCOCC2)CC2(C1)OCCO2. The van der Waals surface area contributed by atoms with E-state index < -0.39 is 0 Å². The summed E-state index contributed by atoms with van der Waals surface area (Å²) < 4.78 is 17.0. The van der Waals surface area contributed by atoms with E-state index in [1.807, 2.05) is 0 Å². The van der Waals surface area contributed by atoms with Gasteiger partial charge in [-0.3, -0.25) is 9.80 Å². The van der Waals surface area contributed by atoms with Gasteiger partial charge in [-0.2, -0.15) is 0 Å². The Labute approximate surface area is 109 Å². The summed E-state index contributed by atoms with van der Waals surface area (Å²) in [6.45, 7) is 9.82. The Morgan fingerprint density at radius 3 is 2.33 bits per heavy atom. The molecule has 3 aliphatic heterocycles. The largest absolute Gasteiger partial charge is 0.379 e. The standard InChI is InChI=1S/C13H24N2O3/c1-2-13(17-10-11-18-13)12-15(3-1)5-4-14-6-8-16-9-7-14/h1-12H2. The van der Waals surface area contributed by atoms with Crippen molar-refractivity contribution in [3.63, 3.8) is 0 Å². The molecule has 0 unspecified atom stereocenters. The molecule has 3 saturated heterocycles. The van der Waals surface area contributed by atoms with E-state index in [4.69, 9.17) is 14.2 Å². The highest BCUT2D eigenvalue weighted by atomic mass is 16.7. The van der Waals surface area contributed by atoms with E-state index in [-0.39, 0.29) is 5.79 Å². The molecule has 104 valence electrons. The van der Waals surface area contributed by atoms with E-state index in [0.717, 1.165) is 65.6 Å². The van der Waals surface area contributed by atoms with Gasteiger partial charge in [0.25, 0.3) is 0 Å². The maximum atomic E-state index is 5.81. The van der Waals surface area contributed by atoms with Crippen LogP contribution < -0.4 is 0 Å². The maximum absolute atomic E-state index is 5.81. The summed E-state index contributed by atoms with van der Waals surface area (Å²) in [6.07, 6.45) is 2.24. The zero-order valence-corrected chi connectivity index (χ0v) is 11.1. The van der Waals surface area contributed by atoms with Crippen LogP contribution in [0.4, 0.5) is 0 Å². The number of hydrogen-bond donors (Lipinski definition) is 0. The van der Waals surface area contributed by atoms with Crippen molar-refractivity contribution in [1.29, 1.82) is 0 Å². The van der Waals surface area contributed by atoms with Crippen LogP contribution in [0.3, 0.4) is 0 Å². The first kappa shape index (κ1) is 12.8. The predicted octanol–water partition coefficient (Wildman–Crippen LogP) is 0.158. The van der Waals surface area contributed by atoms with Gasteiger partial charge in [0.1, 0.15) is 0 Å². The number of rotatable bonds is 3. The Morgan fingerprint density at radius 1 is 0.833 bits per heavy atom. The molecule has 3 rings (SSSR count). The van der Waals surface area contributed by atoms with E-state index in [1.54, 1.807) is 0 Å². The minimum atomic E-state index is -0.275. The second-order valence-corrected chi connectivity index (χ2v) is 5.44. The van der Waals surface area contributed by atoms with Crippen LogP contribution in [0.2, 0.25) is 0 Å². The average molecular weight is 256 g/mol. The summed E-state index contributed by atoms with van der Waals surface area (Å²) >= 11 is 0. The molecule has 0 bridgehead atoms. The zero-order chi connectivity index (χ0) is 12.3. The number of likely N-dealkylation sites (tertiary alicyclic amines) is 1. The number of morpholine rings is 1. The molecule has 0 aromatic rings. The number of nitrogens with zero attached hydrogens (tertiary/aromatic N) is 2. The highest BCUT2D eigenvalue weighted by Crippen LogP contribution is 2.29. The van der Waals surface area contributed by atoms with E-state index in [2.05, 4.69) is 9.80 Å². The molecule has 18 heavy (non-hydrogen) atoms. The van der Waals surface area contributed by atoms with Gasteiger partial charge < -0.3 is 14.2 Å². The highest BCUT2D eigenvalue weighted by Gasteiger charge is 2.40. The minimum absolute atomic E-state index is 0.275. The fourth-order valence-corrected chi connectivity index (χ4v) is 3.10. The lowest BCUT2D eigenvalue weighted by atomic mass is 10.0. The summed E-state index contributed by atoms with van der Waals surface area (Å²) in [5.41, 5.74) is 0. The molecule has 0 saturated carbocycles. The molecule has 0 aromatic carbocycles. The molecule has 0 aromatic heterocycles. The predicted molar refractivity (Wildman–Crippen MR) is 67.6 cm³/mol. The van der Waals surface area contributed by atoms with Crippen molar-refractivity contribution < 1.29 is 14.2 Å². The van der Waals surface area contributed by atoms with Crippen molar-refractivity contribution in [2.24, 2.45) is 0 Å². The normalized spacial score (nSPS) is 30.0. The topological polar surface area (TPSA) is 34.2 Å². The molecular formula is C13H24N2O3. The zero-order valence-electron chi connectivity index (χ0n) is 11.1. The first-order chi connectivity index (χ1) is 8.86. The van der Waals surface area contributed by atoms with Gasteiger partial charge in [0, 0.05) is 32.6 Å². The summed E-state index contributed by atoms with van der Waals surface area (Å²) in [4.78, 5) is 4.98. The lowest BCUT2D eigenvalue weighted by Gasteiger charge is -2.39. The number of piperidine rings is 1. The van der Waals surface area contributed by atoms with Crippen molar-refractivity contribution in [2.45, 2.75) is 18.6 Å². The quantitative estimate of drug-likeness (QED) is 0.718. The molecule has 0 amide bonds.